The molecule has 0 atom stereocenters. The van der Waals surface area contributed by atoms with Crippen LogP contribution >= 0.6 is 22.9 Å². The Morgan fingerprint density at radius 3 is 2.38 bits per heavy atom. The van der Waals surface area contributed by atoms with Crippen molar-refractivity contribution in [1.29, 1.82) is 0 Å². The third kappa shape index (κ3) is 5.77. The monoisotopic (exact) mass is 474 g/mol. The lowest BCUT2D eigenvalue weighted by atomic mass is 10.1. The van der Waals surface area contributed by atoms with Gasteiger partial charge in [0.05, 0.1) is 30.3 Å². The normalized spacial score (nSPS) is 10.2. The van der Waals surface area contributed by atoms with Crippen molar-refractivity contribution in [2.45, 2.75) is 0 Å². The zero-order valence-corrected chi connectivity index (χ0v) is 18.7. The minimum absolute atomic E-state index is 0.00288. The molecule has 2 N–H and O–H groups in total. The lowest BCUT2D eigenvalue weighted by Crippen LogP contribution is -2.22. The summed E-state index contributed by atoms with van der Waals surface area (Å²) < 4.78 is 15.6. The second kappa shape index (κ2) is 10.7. The largest absolute Gasteiger partial charge is 0.493 e. The van der Waals surface area contributed by atoms with Gasteiger partial charge >= 0.3 is 5.97 Å². The maximum atomic E-state index is 12.7. The van der Waals surface area contributed by atoms with Gasteiger partial charge in [0.2, 0.25) is 0 Å². The van der Waals surface area contributed by atoms with Gasteiger partial charge < -0.3 is 24.8 Å². The van der Waals surface area contributed by atoms with Gasteiger partial charge in [-0.25, -0.2) is 4.79 Å². The molecule has 166 valence electrons. The summed E-state index contributed by atoms with van der Waals surface area (Å²) in [6.07, 6.45) is 0. The van der Waals surface area contributed by atoms with Crippen LogP contribution in [-0.4, -0.2) is 38.6 Å². The number of halogens is 1. The Hall–Kier alpha value is -3.56. The van der Waals surface area contributed by atoms with Gasteiger partial charge in [-0.05, 0) is 29.6 Å². The third-order valence-corrected chi connectivity index (χ3v) is 5.28. The SMILES string of the molecule is COc1cc(NC(=O)c2cccs2)c(C(=O)OCC(=O)Nc2cccc(Cl)c2)cc1OC. The molecule has 1 aromatic heterocycles. The Balaban J connectivity index is 1.77. The maximum absolute atomic E-state index is 12.7. The van der Waals surface area contributed by atoms with Crippen LogP contribution in [0.1, 0.15) is 20.0 Å². The van der Waals surface area contributed by atoms with Crippen LogP contribution in [-0.2, 0) is 9.53 Å². The van der Waals surface area contributed by atoms with Crippen molar-refractivity contribution in [3.63, 3.8) is 0 Å². The lowest BCUT2D eigenvalue weighted by molar-refractivity contribution is -0.119. The van der Waals surface area contributed by atoms with Gasteiger partial charge in [-0.3, -0.25) is 9.59 Å². The highest BCUT2D eigenvalue weighted by molar-refractivity contribution is 7.12. The number of ether oxygens (including phenoxy) is 3. The van der Waals surface area contributed by atoms with Gasteiger partial charge in [-0.1, -0.05) is 23.7 Å². The summed E-state index contributed by atoms with van der Waals surface area (Å²) in [4.78, 5) is 37.9. The molecule has 0 bridgehead atoms. The van der Waals surface area contributed by atoms with E-state index in [1.54, 1.807) is 41.8 Å². The first kappa shape index (κ1) is 23.1. The van der Waals surface area contributed by atoms with Crippen LogP contribution in [0.4, 0.5) is 11.4 Å². The van der Waals surface area contributed by atoms with Gasteiger partial charge in [0, 0.05) is 22.8 Å². The minimum atomic E-state index is -0.825. The number of rotatable bonds is 8. The molecule has 0 aliphatic carbocycles. The van der Waals surface area contributed by atoms with E-state index in [9.17, 15) is 14.4 Å². The summed E-state index contributed by atoms with van der Waals surface area (Å²) in [6, 6.07) is 12.8. The van der Waals surface area contributed by atoms with Crippen LogP contribution < -0.4 is 20.1 Å². The van der Waals surface area contributed by atoms with Crippen LogP contribution in [0.25, 0.3) is 0 Å². The number of carbonyl (C=O) groups excluding carboxylic acids is 3. The highest BCUT2D eigenvalue weighted by Crippen LogP contribution is 2.34. The van der Waals surface area contributed by atoms with Gasteiger partial charge in [0.25, 0.3) is 11.8 Å². The Labute approximate surface area is 193 Å². The first-order valence-corrected chi connectivity index (χ1v) is 10.5. The molecule has 8 nitrogen and oxygen atoms in total. The second-order valence-corrected chi connectivity index (χ2v) is 7.70. The molecule has 0 fully saturated rings. The average molecular weight is 475 g/mol. The number of hydrogen-bond donors (Lipinski definition) is 2. The van der Waals surface area contributed by atoms with Crippen LogP contribution in [0.15, 0.2) is 53.9 Å². The number of nitrogens with one attached hydrogen (secondary N) is 2. The van der Waals surface area contributed by atoms with Crippen molar-refractivity contribution in [2.75, 3.05) is 31.5 Å². The van der Waals surface area contributed by atoms with Gasteiger partial charge in [-0.2, -0.15) is 0 Å². The van der Waals surface area contributed by atoms with Crippen molar-refractivity contribution >= 4 is 52.1 Å². The molecule has 0 radical (unpaired) electrons. The first-order chi connectivity index (χ1) is 15.4. The van der Waals surface area contributed by atoms with E-state index >= 15 is 0 Å². The smallest absolute Gasteiger partial charge is 0.340 e. The summed E-state index contributed by atoms with van der Waals surface area (Å²) >= 11 is 7.14. The quantitative estimate of drug-likeness (QED) is 0.467. The summed E-state index contributed by atoms with van der Waals surface area (Å²) in [5, 5.41) is 7.47. The molecule has 0 unspecified atom stereocenters. The fourth-order valence-corrected chi connectivity index (χ4v) is 3.52. The molecule has 0 spiro atoms. The Morgan fingerprint density at radius 1 is 0.969 bits per heavy atom. The van der Waals surface area contributed by atoms with E-state index in [2.05, 4.69) is 10.6 Å². The van der Waals surface area contributed by atoms with Crippen molar-refractivity contribution in [1.82, 2.24) is 0 Å². The zero-order chi connectivity index (χ0) is 23.1. The standard InChI is InChI=1S/C22H19ClN2O6S/c1-29-17-10-15(16(11-18(17)30-2)25-21(27)19-7-4-8-32-19)22(28)31-12-20(26)24-14-6-3-5-13(23)9-14/h3-11H,12H2,1-2H3,(H,24,26)(H,25,27). The predicted molar refractivity (Wildman–Crippen MR) is 122 cm³/mol. The van der Waals surface area contributed by atoms with Gasteiger partial charge in [0.1, 0.15) is 0 Å². The van der Waals surface area contributed by atoms with Crippen LogP contribution in [0.5, 0.6) is 11.5 Å². The molecule has 2 aromatic carbocycles. The highest BCUT2D eigenvalue weighted by atomic mass is 35.5. The van der Waals surface area contributed by atoms with Crippen LogP contribution in [0, 0.1) is 0 Å². The van der Waals surface area contributed by atoms with E-state index in [1.807, 2.05) is 0 Å². The summed E-state index contributed by atoms with van der Waals surface area (Å²) in [6.45, 7) is -0.544. The summed E-state index contributed by atoms with van der Waals surface area (Å²) in [7, 11) is 2.84. The van der Waals surface area contributed by atoms with Crippen LogP contribution in [0.2, 0.25) is 5.02 Å². The number of hydrogen-bond acceptors (Lipinski definition) is 7. The lowest BCUT2D eigenvalue weighted by Gasteiger charge is -2.15. The molecule has 0 aliphatic heterocycles. The molecule has 3 rings (SSSR count). The average Bonchev–Trinajstić information content (AvgIpc) is 3.32. The molecular formula is C22H19ClN2O6S. The van der Waals surface area contributed by atoms with Gasteiger partial charge in [-0.15, -0.1) is 11.3 Å². The zero-order valence-electron chi connectivity index (χ0n) is 17.1. The molecule has 0 saturated carbocycles. The van der Waals surface area contributed by atoms with Crippen molar-refractivity contribution < 1.29 is 28.6 Å². The number of benzene rings is 2. The Bertz CT molecular complexity index is 1130. The number of amides is 2. The Morgan fingerprint density at radius 2 is 1.72 bits per heavy atom. The summed E-state index contributed by atoms with van der Waals surface area (Å²) in [5.41, 5.74) is 0.623. The number of anilines is 2. The highest BCUT2D eigenvalue weighted by Gasteiger charge is 2.21. The van der Waals surface area contributed by atoms with E-state index in [0.29, 0.717) is 21.3 Å². The number of esters is 1. The van der Waals surface area contributed by atoms with Crippen molar-refractivity contribution in [3.8, 4) is 11.5 Å². The molecule has 2 amide bonds. The van der Waals surface area contributed by atoms with E-state index in [-0.39, 0.29) is 17.0 Å². The fraction of sp³-hybridized carbons (Fsp3) is 0.136. The van der Waals surface area contributed by atoms with Crippen LogP contribution in [0.3, 0.4) is 0 Å². The number of carbonyl (C=O) groups is 3. The van der Waals surface area contributed by atoms with E-state index in [4.69, 9.17) is 25.8 Å². The predicted octanol–water partition coefficient (Wildman–Crippen LogP) is 4.47. The molecule has 10 heteroatoms. The first-order valence-electron chi connectivity index (χ1n) is 9.24. The topological polar surface area (TPSA) is 103 Å². The van der Waals surface area contributed by atoms with Crippen molar-refractivity contribution in [2.24, 2.45) is 0 Å². The molecular weight excluding hydrogens is 456 g/mol. The fourth-order valence-electron chi connectivity index (χ4n) is 2.72. The summed E-state index contributed by atoms with van der Waals surface area (Å²) in [5.74, 6) is -1.21. The third-order valence-electron chi connectivity index (χ3n) is 4.18. The number of methoxy groups -OCH3 is 2. The second-order valence-electron chi connectivity index (χ2n) is 6.32. The molecule has 32 heavy (non-hydrogen) atoms. The number of thiophene rings is 1. The molecule has 0 saturated heterocycles. The molecule has 3 aromatic rings. The minimum Gasteiger partial charge on any atom is -0.493 e. The van der Waals surface area contributed by atoms with Crippen molar-refractivity contribution in [3.05, 3.63) is 69.4 Å². The van der Waals surface area contributed by atoms with E-state index in [0.717, 1.165) is 0 Å². The van der Waals surface area contributed by atoms with E-state index < -0.39 is 24.4 Å². The Kier molecular flexibility index (Phi) is 7.69. The van der Waals surface area contributed by atoms with E-state index in [1.165, 1.54) is 37.7 Å². The molecule has 0 aliphatic rings. The maximum Gasteiger partial charge on any atom is 0.340 e. The van der Waals surface area contributed by atoms with Gasteiger partial charge in [0.15, 0.2) is 18.1 Å². The molecule has 1 heterocycles.